The number of amides is 1. The average Bonchev–Trinajstić information content (AvgIpc) is 3.34. The molecule has 1 aliphatic rings. The molecule has 0 unspecified atom stereocenters. The Morgan fingerprint density at radius 1 is 1.23 bits per heavy atom. The third kappa shape index (κ3) is 4.95. The molecule has 0 heterocycles. The van der Waals surface area contributed by atoms with E-state index in [-0.39, 0.29) is 18.5 Å². The molecular formula is C16H21NO5. The van der Waals surface area contributed by atoms with E-state index in [9.17, 15) is 9.59 Å². The number of aliphatic carboxylic acids is 1. The molecule has 0 aromatic heterocycles. The van der Waals surface area contributed by atoms with Crippen molar-refractivity contribution in [2.24, 2.45) is 0 Å². The van der Waals surface area contributed by atoms with E-state index < -0.39 is 5.97 Å². The summed E-state index contributed by atoms with van der Waals surface area (Å²) in [5.41, 5.74) is 0. The van der Waals surface area contributed by atoms with E-state index >= 15 is 0 Å². The van der Waals surface area contributed by atoms with Gasteiger partial charge >= 0.3 is 5.97 Å². The summed E-state index contributed by atoms with van der Waals surface area (Å²) < 4.78 is 10.6. The summed E-state index contributed by atoms with van der Waals surface area (Å²) in [5, 5.41) is 8.84. The fourth-order valence-corrected chi connectivity index (χ4v) is 2.18. The molecule has 1 saturated carbocycles. The third-order valence-corrected chi connectivity index (χ3v) is 3.48. The first-order chi connectivity index (χ1) is 10.6. The van der Waals surface area contributed by atoms with Crippen molar-refractivity contribution in [3.63, 3.8) is 0 Å². The summed E-state index contributed by atoms with van der Waals surface area (Å²) in [4.78, 5) is 24.3. The van der Waals surface area contributed by atoms with Crippen LogP contribution in [0.3, 0.4) is 0 Å². The lowest BCUT2D eigenvalue weighted by Crippen LogP contribution is -2.37. The van der Waals surface area contributed by atoms with Crippen LogP contribution in [0.2, 0.25) is 0 Å². The molecular weight excluding hydrogens is 286 g/mol. The Hall–Kier alpha value is -2.24. The van der Waals surface area contributed by atoms with Crippen molar-refractivity contribution in [3.05, 3.63) is 24.3 Å². The summed E-state index contributed by atoms with van der Waals surface area (Å²) in [6, 6.07) is 7.35. The second-order valence-corrected chi connectivity index (χ2v) is 5.27. The largest absolute Gasteiger partial charge is 0.497 e. The SMILES string of the molecule is COc1ccc(OCCCC(=O)N(CC(=O)O)C2CC2)cc1. The van der Waals surface area contributed by atoms with Crippen LogP contribution in [0.25, 0.3) is 0 Å². The lowest BCUT2D eigenvalue weighted by Gasteiger charge is -2.20. The minimum atomic E-state index is -0.963. The zero-order valence-electron chi connectivity index (χ0n) is 12.7. The van der Waals surface area contributed by atoms with Gasteiger partial charge in [0.2, 0.25) is 5.91 Å². The monoisotopic (exact) mass is 307 g/mol. The molecule has 1 N–H and O–H groups in total. The number of carbonyl (C=O) groups is 2. The van der Waals surface area contributed by atoms with Crippen molar-refractivity contribution < 1.29 is 24.2 Å². The molecule has 120 valence electrons. The van der Waals surface area contributed by atoms with E-state index in [2.05, 4.69) is 0 Å². The number of carboxylic acid groups (broad SMARTS) is 1. The fourth-order valence-electron chi connectivity index (χ4n) is 2.18. The highest BCUT2D eigenvalue weighted by Crippen LogP contribution is 2.27. The van der Waals surface area contributed by atoms with Crippen LogP contribution in [0.4, 0.5) is 0 Å². The lowest BCUT2D eigenvalue weighted by molar-refractivity contribution is -0.145. The van der Waals surface area contributed by atoms with Gasteiger partial charge < -0.3 is 19.5 Å². The predicted octanol–water partition coefficient (Wildman–Crippen LogP) is 1.93. The molecule has 0 spiro atoms. The zero-order valence-corrected chi connectivity index (χ0v) is 12.7. The van der Waals surface area contributed by atoms with Crippen LogP contribution in [-0.4, -0.2) is 48.2 Å². The molecule has 0 aliphatic heterocycles. The van der Waals surface area contributed by atoms with Crippen LogP contribution in [0.1, 0.15) is 25.7 Å². The zero-order chi connectivity index (χ0) is 15.9. The van der Waals surface area contributed by atoms with Gasteiger partial charge in [-0.1, -0.05) is 0 Å². The Kier molecular flexibility index (Phi) is 5.63. The fraction of sp³-hybridized carbons (Fsp3) is 0.500. The maximum Gasteiger partial charge on any atom is 0.323 e. The molecule has 0 saturated heterocycles. The first-order valence-electron chi connectivity index (χ1n) is 7.38. The highest BCUT2D eigenvalue weighted by Gasteiger charge is 2.33. The highest BCUT2D eigenvalue weighted by atomic mass is 16.5. The molecule has 0 bridgehead atoms. The van der Waals surface area contributed by atoms with E-state index in [0.717, 1.165) is 24.3 Å². The lowest BCUT2D eigenvalue weighted by atomic mass is 10.2. The Balaban J connectivity index is 1.70. The van der Waals surface area contributed by atoms with Crippen LogP contribution >= 0.6 is 0 Å². The summed E-state index contributed by atoms with van der Waals surface area (Å²) in [6.07, 6.45) is 2.68. The van der Waals surface area contributed by atoms with Gasteiger partial charge in [0.15, 0.2) is 0 Å². The normalized spacial score (nSPS) is 13.5. The predicted molar refractivity (Wildman–Crippen MR) is 80.1 cm³/mol. The number of nitrogens with zero attached hydrogens (tertiary/aromatic N) is 1. The quantitative estimate of drug-likeness (QED) is 0.705. The third-order valence-electron chi connectivity index (χ3n) is 3.48. The molecule has 2 rings (SSSR count). The minimum absolute atomic E-state index is 0.108. The first kappa shape index (κ1) is 16.1. The number of methoxy groups -OCH3 is 1. The maximum atomic E-state index is 12.0. The van der Waals surface area contributed by atoms with Crippen LogP contribution < -0.4 is 9.47 Å². The van der Waals surface area contributed by atoms with Crippen LogP contribution in [-0.2, 0) is 9.59 Å². The van der Waals surface area contributed by atoms with E-state index in [1.165, 1.54) is 4.90 Å². The van der Waals surface area contributed by atoms with Gasteiger partial charge in [0, 0.05) is 12.5 Å². The Labute approximate surface area is 129 Å². The molecule has 1 fully saturated rings. The second-order valence-electron chi connectivity index (χ2n) is 5.27. The van der Waals surface area contributed by atoms with Crippen molar-refractivity contribution in [1.29, 1.82) is 0 Å². The van der Waals surface area contributed by atoms with Crippen molar-refractivity contribution in [2.45, 2.75) is 31.7 Å². The number of rotatable bonds is 9. The highest BCUT2D eigenvalue weighted by molar-refractivity contribution is 5.81. The topological polar surface area (TPSA) is 76.1 Å². The molecule has 6 nitrogen and oxygen atoms in total. The number of hydrogen-bond donors (Lipinski definition) is 1. The van der Waals surface area contributed by atoms with Crippen molar-refractivity contribution in [2.75, 3.05) is 20.3 Å². The van der Waals surface area contributed by atoms with Gasteiger partial charge in [0.1, 0.15) is 18.0 Å². The number of ether oxygens (including phenoxy) is 2. The van der Waals surface area contributed by atoms with Gasteiger partial charge in [0.05, 0.1) is 13.7 Å². The Bertz CT molecular complexity index is 510. The van der Waals surface area contributed by atoms with Crippen molar-refractivity contribution in [3.8, 4) is 11.5 Å². The smallest absolute Gasteiger partial charge is 0.323 e. The summed E-state index contributed by atoms with van der Waals surface area (Å²) in [6.45, 7) is 0.215. The van der Waals surface area contributed by atoms with Gasteiger partial charge in [-0.05, 0) is 43.5 Å². The summed E-state index contributed by atoms with van der Waals surface area (Å²) >= 11 is 0. The van der Waals surface area contributed by atoms with Gasteiger partial charge in [-0.15, -0.1) is 0 Å². The molecule has 1 amide bonds. The van der Waals surface area contributed by atoms with Crippen LogP contribution in [0.15, 0.2) is 24.3 Å². The second kappa shape index (κ2) is 7.68. The number of benzene rings is 1. The summed E-state index contributed by atoms with van der Waals surface area (Å²) in [5.74, 6) is 0.409. The standard InChI is InChI=1S/C16H21NO5/c1-21-13-6-8-14(9-7-13)22-10-2-3-15(18)17(11-16(19)20)12-4-5-12/h6-9,12H,2-5,10-11H2,1H3,(H,19,20). The molecule has 1 aromatic carbocycles. The summed E-state index contributed by atoms with van der Waals surface area (Å²) in [7, 11) is 1.60. The van der Waals surface area contributed by atoms with Crippen LogP contribution in [0, 0.1) is 0 Å². The van der Waals surface area contributed by atoms with E-state index in [0.29, 0.717) is 19.4 Å². The number of hydrogen-bond acceptors (Lipinski definition) is 4. The van der Waals surface area contributed by atoms with Crippen molar-refractivity contribution >= 4 is 11.9 Å². The molecule has 0 atom stereocenters. The van der Waals surface area contributed by atoms with Crippen LogP contribution in [0.5, 0.6) is 11.5 Å². The maximum absolute atomic E-state index is 12.0. The molecule has 0 radical (unpaired) electrons. The van der Waals surface area contributed by atoms with Gasteiger partial charge in [-0.25, -0.2) is 0 Å². The molecule has 1 aliphatic carbocycles. The molecule has 1 aromatic rings. The van der Waals surface area contributed by atoms with Gasteiger partial charge in [-0.2, -0.15) is 0 Å². The van der Waals surface area contributed by atoms with E-state index in [1.807, 2.05) is 24.3 Å². The number of carboxylic acids is 1. The van der Waals surface area contributed by atoms with Crippen molar-refractivity contribution in [1.82, 2.24) is 4.90 Å². The number of carbonyl (C=O) groups excluding carboxylic acids is 1. The van der Waals surface area contributed by atoms with Gasteiger partial charge in [-0.3, -0.25) is 9.59 Å². The molecule has 22 heavy (non-hydrogen) atoms. The minimum Gasteiger partial charge on any atom is -0.497 e. The average molecular weight is 307 g/mol. The van der Waals surface area contributed by atoms with E-state index in [4.69, 9.17) is 14.6 Å². The Morgan fingerprint density at radius 3 is 2.41 bits per heavy atom. The van der Waals surface area contributed by atoms with E-state index in [1.54, 1.807) is 7.11 Å². The van der Waals surface area contributed by atoms with Gasteiger partial charge in [0.25, 0.3) is 0 Å². The Morgan fingerprint density at radius 2 is 1.86 bits per heavy atom. The molecule has 6 heteroatoms. The first-order valence-corrected chi connectivity index (χ1v) is 7.38.